The van der Waals surface area contributed by atoms with Crippen molar-refractivity contribution in [1.29, 1.82) is 0 Å². The summed E-state index contributed by atoms with van der Waals surface area (Å²) in [7, 11) is 0. The molecule has 0 saturated heterocycles. The van der Waals surface area contributed by atoms with Crippen LogP contribution in [0.2, 0.25) is 5.02 Å². The summed E-state index contributed by atoms with van der Waals surface area (Å²) in [6, 6.07) is 9.71. The molecule has 18 heavy (non-hydrogen) atoms. The lowest BCUT2D eigenvalue weighted by atomic mass is 10.2. The molecule has 3 aromatic rings. The van der Waals surface area contributed by atoms with Crippen molar-refractivity contribution in [3.05, 3.63) is 52.9 Å². The highest BCUT2D eigenvalue weighted by molar-refractivity contribution is 6.30. The Labute approximate surface area is 110 Å². The van der Waals surface area contributed by atoms with Crippen molar-refractivity contribution in [3.63, 3.8) is 0 Å². The number of halogens is 1. The van der Waals surface area contributed by atoms with Gasteiger partial charge in [0.05, 0.1) is 5.69 Å². The van der Waals surface area contributed by atoms with Crippen molar-refractivity contribution in [2.45, 2.75) is 13.8 Å². The summed E-state index contributed by atoms with van der Waals surface area (Å²) in [4.78, 5) is 8.97. The number of aryl methyl sites for hydroxylation is 2. The highest BCUT2D eigenvalue weighted by atomic mass is 35.5. The van der Waals surface area contributed by atoms with Gasteiger partial charge in [-0.25, -0.2) is 9.97 Å². The quantitative estimate of drug-likeness (QED) is 0.666. The first-order valence-corrected chi connectivity index (χ1v) is 6.10. The molecule has 0 unspecified atom stereocenters. The molecule has 0 N–H and O–H groups in total. The molecule has 0 atom stereocenters. The van der Waals surface area contributed by atoms with Crippen LogP contribution in [-0.4, -0.2) is 14.4 Å². The molecule has 90 valence electrons. The monoisotopic (exact) mass is 257 g/mol. The molecule has 0 aliphatic rings. The van der Waals surface area contributed by atoms with Crippen LogP contribution in [0.25, 0.3) is 17.0 Å². The molecular formula is C14H12ClN3. The second kappa shape index (κ2) is 4.10. The first-order chi connectivity index (χ1) is 8.63. The largest absolute Gasteiger partial charge is 0.288 e. The van der Waals surface area contributed by atoms with Crippen LogP contribution in [0.5, 0.6) is 0 Å². The normalized spacial score (nSPS) is 11.1. The molecule has 0 fully saturated rings. The number of hydrogen-bond donors (Lipinski definition) is 0. The summed E-state index contributed by atoms with van der Waals surface area (Å²) in [6.07, 6.45) is 2.00. The van der Waals surface area contributed by atoms with E-state index in [0.29, 0.717) is 0 Å². The topological polar surface area (TPSA) is 30.2 Å². The average Bonchev–Trinajstić information content (AvgIpc) is 2.74. The van der Waals surface area contributed by atoms with Crippen LogP contribution in [-0.2, 0) is 0 Å². The molecular weight excluding hydrogens is 246 g/mol. The maximum atomic E-state index is 5.89. The van der Waals surface area contributed by atoms with Gasteiger partial charge in [0.2, 0.25) is 5.78 Å². The van der Waals surface area contributed by atoms with Gasteiger partial charge in [-0.15, -0.1) is 0 Å². The van der Waals surface area contributed by atoms with Gasteiger partial charge in [-0.3, -0.25) is 4.40 Å². The predicted molar refractivity (Wildman–Crippen MR) is 72.9 cm³/mol. The van der Waals surface area contributed by atoms with E-state index >= 15 is 0 Å². The van der Waals surface area contributed by atoms with Crippen LogP contribution in [0.4, 0.5) is 0 Å². The van der Waals surface area contributed by atoms with Gasteiger partial charge < -0.3 is 0 Å². The van der Waals surface area contributed by atoms with E-state index in [1.807, 2.05) is 47.9 Å². The second-order valence-corrected chi connectivity index (χ2v) is 4.78. The lowest BCUT2D eigenvalue weighted by molar-refractivity contribution is 1.01. The van der Waals surface area contributed by atoms with Crippen molar-refractivity contribution in [2.75, 3.05) is 0 Å². The highest BCUT2D eigenvalue weighted by Crippen LogP contribution is 2.21. The van der Waals surface area contributed by atoms with E-state index in [4.69, 9.17) is 11.6 Å². The zero-order chi connectivity index (χ0) is 12.7. The van der Waals surface area contributed by atoms with Crippen molar-refractivity contribution < 1.29 is 0 Å². The number of imidazole rings is 1. The third-order valence-electron chi connectivity index (χ3n) is 2.90. The maximum Gasteiger partial charge on any atom is 0.234 e. The Morgan fingerprint density at radius 2 is 1.78 bits per heavy atom. The summed E-state index contributed by atoms with van der Waals surface area (Å²) >= 11 is 5.89. The molecule has 0 radical (unpaired) electrons. The van der Waals surface area contributed by atoms with E-state index in [1.54, 1.807) is 0 Å². The van der Waals surface area contributed by atoms with Crippen molar-refractivity contribution in [1.82, 2.24) is 14.4 Å². The summed E-state index contributed by atoms with van der Waals surface area (Å²) in [6.45, 7) is 4.03. The molecule has 4 heteroatoms. The average molecular weight is 258 g/mol. The van der Waals surface area contributed by atoms with Gasteiger partial charge >= 0.3 is 0 Å². The molecule has 0 bridgehead atoms. The standard InChI is InChI=1S/C14H12ClN3/c1-9-7-10(2)18-8-13(17-14(18)16-9)11-3-5-12(15)6-4-11/h3-8H,1-2H3. The molecule has 0 aliphatic carbocycles. The fourth-order valence-corrected chi connectivity index (χ4v) is 2.16. The van der Waals surface area contributed by atoms with Gasteiger partial charge in [-0.2, -0.15) is 0 Å². The molecule has 2 aromatic heterocycles. The third-order valence-corrected chi connectivity index (χ3v) is 3.15. The van der Waals surface area contributed by atoms with E-state index in [0.717, 1.165) is 33.4 Å². The number of hydrogen-bond acceptors (Lipinski definition) is 2. The van der Waals surface area contributed by atoms with E-state index in [2.05, 4.69) is 16.9 Å². The van der Waals surface area contributed by atoms with Crippen molar-refractivity contribution >= 4 is 17.4 Å². The van der Waals surface area contributed by atoms with Gasteiger partial charge in [-0.1, -0.05) is 23.7 Å². The summed E-state index contributed by atoms with van der Waals surface area (Å²) in [5.74, 6) is 0.734. The van der Waals surface area contributed by atoms with Gasteiger partial charge in [0.1, 0.15) is 0 Å². The number of nitrogens with zero attached hydrogens (tertiary/aromatic N) is 3. The summed E-state index contributed by atoms with van der Waals surface area (Å²) in [5, 5.41) is 0.729. The molecule has 0 saturated carbocycles. The molecule has 0 spiro atoms. The molecule has 3 rings (SSSR count). The predicted octanol–water partition coefficient (Wildman–Crippen LogP) is 3.67. The Morgan fingerprint density at radius 3 is 2.50 bits per heavy atom. The second-order valence-electron chi connectivity index (χ2n) is 4.34. The van der Waals surface area contributed by atoms with Crippen LogP contribution in [0.1, 0.15) is 11.4 Å². The van der Waals surface area contributed by atoms with Gasteiger partial charge in [-0.05, 0) is 32.0 Å². The lowest BCUT2D eigenvalue weighted by Gasteiger charge is -1.98. The minimum Gasteiger partial charge on any atom is -0.288 e. The van der Waals surface area contributed by atoms with Crippen LogP contribution in [0, 0.1) is 13.8 Å². The first kappa shape index (κ1) is 11.2. The SMILES string of the molecule is Cc1cc(C)n2cc(-c3ccc(Cl)cc3)nc2n1. The molecule has 1 aromatic carbocycles. The van der Waals surface area contributed by atoms with Crippen LogP contribution in [0.3, 0.4) is 0 Å². The fraction of sp³-hybridized carbons (Fsp3) is 0.143. The maximum absolute atomic E-state index is 5.89. The Morgan fingerprint density at radius 1 is 1.06 bits per heavy atom. The number of benzene rings is 1. The zero-order valence-electron chi connectivity index (χ0n) is 10.2. The highest BCUT2D eigenvalue weighted by Gasteiger charge is 2.07. The number of aromatic nitrogens is 3. The Kier molecular flexibility index (Phi) is 2.56. The fourth-order valence-electron chi connectivity index (χ4n) is 2.03. The molecule has 2 heterocycles. The van der Waals surface area contributed by atoms with Crippen LogP contribution < -0.4 is 0 Å². The number of fused-ring (bicyclic) bond motifs is 1. The van der Waals surface area contributed by atoms with E-state index < -0.39 is 0 Å². The molecule has 0 aliphatic heterocycles. The van der Waals surface area contributed by atoms with Gasteiger partial charge in [0.15, 0.2) is 0 Å². The van der Waals surface area contributed by atoms with Crippen LogP contribution >= 0.6 is 11.6 Å². The van der Waals surface area contributed by atoms with Gasteiger partial charge in [0, 0.05) is 28.2 Å². The molecule has 3 nitrogen and oxygen atoms in total. The zero-order valence-corrected chi connectivity index (χ0v) is 10.9. The smallest absolute Gasteiger partial charge is 0.234 e. The van der Waals surface area contributed by atoms with Crippen LogP contribution in [0.15, 0.2) is 36.5 Å². The van der Waals surface area contributed by atoms with Gasteiger partial charge in [0.25, 0.3) is 0 Å². The number of rotatable bonds is 1. The Balaban J connectivity index is 2.19. The Bertz CT molecular complexity index is 714. The van der Waals surface area contributed by atoms with E-state index in [9.17, 15) is 0 Å². The molecule has 0 amide bonds. The third kappa shape index (κ3) is 1.87. The minimum atomic E-state index is 0.729. The van der Waals surface area contributed by atoms with E-state index in [-0.39, 0.29) is 0 Å². The van der Waals surface area contributed by atoms with Crippen molar-refractivity contribution in [3.8, 4) is 11.3 Å². The first-order valence-electron chi connectivity index (χ1n) is 5.73. The Hall–Kier alpha value is -1.87. The summed E-state index contributed by atoms with van der Waals surface area (Å²) in [5.41, 5.74) is 4.06. The summed E-state index contributed by atoms with van der Waals surface area (Å²) < 4.78 is 2.00. The van der Waals surface area contributed by atoms with Crippen molar-refractivity contribution in [2.24, 2.45) is 0 Å². The lowest BCUT2D eigenvalue weighted by Crippen LogP contribution is -1.94. The van der Waals surface area contributed by atoms with E-state index in [1.165, 1.54) is 0 Å². The minimum absolute atomic E-state index is 0.729.